The van der Waals surface area contributed by atoms with Gasteiger partial charge in [-0.05, 0) is 6.92 Å². The van der Waals surface area contributed by atoms with Crippen molar-refractivity contribution in [3.63, 3.8) is 0 Å². The Morgan fingerprint density at radius 3 is 2.92 bits per heavy atom. The largest absolute Gasteiger partial charge is 0.394 e. The van der Waals surface area contributed by atoms with E-state index in [2.05, 4.69) is 0 Å². The average Bonchev–Trinajstić information content (AvgIpc) is 2.45. The van der Waals surface area contributed by atoms with Crippen molar-refractivity contribution in [2.45, 2.75) is 25.0 Å². The van der Waals surface area contributed by atoms with E-state index in [0.717, 1.165) is 6.42 Å². The Bertz CT molecular complexity index is 142. The second kappa shape index (κ2) is 4.18. The van der Waals surface area contributed by atoms with E-state index < -0.39 is 0 Å². The van der Waals surface area contributed by atoms with E-state index in [4.69, 9.17) is 20.3 Å². The van der Waals surface area contributed by atoms with Gasteiger partial charge in [-0.1, -0.05) is 0 Å². The van der Waals surface area contributed by atoms with Crippen molar-refractivity contribution >= 4 is 0 Å². The molecule has 0 bridgehead atoms. The number of ether oxygens (including phenoxy) is 2. The molecule has 2 unspecified atom stereocenters. The number of hydrogen-bond donors (Lipinski definition) is 2. The summed E-state index contributed by atoms with van der Waals surface area (Å²) in [6, 6.07) is 0. The molecule has 72 valence electrons. The maximum atomic E-state index is 8.62. The Kier molecular flexibility index (Phi) is 3.46. The van der Waals surface area contributed by atoms with E-state index in [0.29, 0.717) is 19.8 Å². The fourth-order valence-electron chi connectivity index (χ4n) is 1.53. The van der Waals surface area contributed by atoms with E-state index in [1.54, 1.807) is 0 Å². The minimum atomic E-state index is -0.358. The Hall–Kier alpha value is -0.160. The van der Waals surface area contributed by atoms with Crippen LogP contribution in [0.25, 0.3) is 0 Å². The summed E-state index contributed by atoms with van der Waals surface area (Å²) >= 11 is 0. The van der Waals surface area contributed by atoms with Gasteiger partial charge in [-0.3, -0.25) is 0 Å². The highest BCUT2D eigenvalue weighted by Gasteiger charge is 2.41. The summed E-state index contributed by atoms with van der Waals surface area (Å²) in [5.74, 6) is 0. The molecule has 1 saturated heterocycles. The van der Waals surface area contributed by atoms with Crippen molar-refractivity contribution in [3.8, 4) is 0 Å². The molecule has 1 aliphatic rings. The SMILES string of the molecule is CC1OCCC1(CN)OCCO. The van der Waals surface area contributed by atoms with Gasteiger partial charge in [-0.25, -0.2) is 0 Å². The highest BCUT2D eigenvalue weighted by atomic mass is 16.6. The molecule has 3 N–H and O–H groups in total. The van der Waals surface area contributed by atoms with Gasteiger partial charge < -0.3 is 20.3 Å². The Morgan fingerprint density at radius 1 is 1.75 bits per heavy atom. The highest BCUT2D eigenvalue weighted by Crippen LogP contribution is 2.28. The van der Waals surface area contributed by atoms with E-state index in [1.165, 1.54) is 0 Å². The van der Waals surface area contributed by atoms with E-state index >= 15 is 0 Å². The van der Waals surface area contributed by atoms with Crippen LogP contribution in [0.3, 0.4) is 0 Å². The minimum absolute atomic E-state index is 0.0362. The number of aliphatic hydroxyl groups excluding tert-OH is 1. The van der Waals surface area contributed by atoms with Gasteiger partial charge >= 0.3 is 0 Å². The zero-order valence-corrected chi connectivity index (χ0v) is 7.45. The molecule has 0 aromatic rings. The van der Waals surface area contributed by atoms with E-state index in [1.807, 2.05) is 6.92 Å². The molecule has 0 aromatic carbocycles. The molecule has 4 heteroatoms. The Balaban J connectivity index is 2.49. The lowest BCUT2D eigenvalue weighted by atomic mass is 9.96. The molecule has 0 saturated carbocycles. The molecule has 0 spiro atoms. The van der Waals surface area contributed by atoms with Crippen molar-refractivity contribution in [1.29, 1.82) is 0 Å². The van der Waals surface area contributed by atoms with Crippen LogP contribution >= 0.6 is 0 Å². The number of rotatable bonds is 4. The van der Waals surface area contributed by atoms with Gasteiger partial charge in [-0.15, -0.1) is 0 Å². The number of nitrogens with two attached hydrogens (primary N) is 1. The van der Waals surface area contributed by atoms with Crippen LogP contribution in [0.15, 0.2) is 0 Å². The molecule has 4 nitrogen and oxygen atoms in total. The van der Waals surface area contributed by atoms with Crippen molar-refractivity contribution in [3.05, 3.63) is 0 Å². The molecular formula is C8H17NO3. The summed E-state index contributed by atoms with van der Waals surface area (Å²) in [7, 11) is 0. The lowest BCUT2D eigenvalue weighted by Crippen LogP contribution is -2.47. The summed E-state index contributed by atoms with van der Waals surface area (Å²) in [5.41, 5.74) is 5.25. The smallest absolute Gasteiger partial charge is 0.108 e. The molecule has 0 amide bonds. The first kappa shape index (κ1) is 9.92. The van der Waals surface area contributed by atoms with Gasteiger partial charge in [0.15, 0.2) is 0 Å². The second-order valence-electron chi connectivity index (χ2n) is 3.10. The van der Waals surface area contributed by atoms with Gasteiger partial charge in [0, 0.05) is 19.6 Å². The van der Waals surface area contributed by atoms with Crippen LogP contribution in [0.4, 0.5) is 0 Å². The maximum Gasteiger partial charge on any atom is 0.108 e. The zero-order chi connectivity index (χ0) is 9.03. The first-order valence-corrected chi connectivity index (χ1v) is 4.31. The molecule has 1 heterocycles. The summed E-state index contributed by atoms with van der Waals surface area (Å²) in [6.45, 7) is 3.48. The van der Waals surface area contributed by atoms with Gasteiger partial charge in [0.05, 0.1) is 19.3 Å². The summed E-state index contributed by atoms with van der Waals surface area (Å²) in [4.78, 5) is 0. The standard InChI is InChI=1S/C8H17NO3/c1-7-8(6-9,2-4-11-7)12-5-3-10/h7,10H,2-6,9H2,1H3. The Morgan fingerprint density at radius 2 is 2.50 bits per heavy atom. The number of hydrogen-bond acceptors (Lipinski definition) is 4. The lowest BCUT2D eigenvalue weighted by Gasteiger charge is -2.30. The zero-order valence-electron chi connectivity index (χ0n) is 7.45. The first-order chi connectivity index (χ1) is 5.75. The van der Waals surface area contributed by atoms with Crippen LogP contribution in [0, 0.1) is 0 Å². The molecule has 0 aliphatic carbocycles. The third kappa shape index (κ3) is 1.77. The maximum absolute atomic E-state index is 8.62. The van der Waals surface area contributed by atoms with Crippen LogP contribution < -0.4 is 5.73 Å². The van der Waals surface area contributed by atoms with Crippen LogP contribution in [-0.2, 0) is 9.47 Å². The van der Waals surface area contributed by atoms with Crippen molar-refractivity contribution in [1.82, 2.24) is 0 Å². The summed E-state index contributed by atoms with van der Waals surface area (Å²) in [6.07, 6.45) is 0.860. The highest BCUT2D eigenvalue weighted by molar-refractivity contribution is 4.92. The third-order valence-electron chi connectivity index (χ3n) is 2.46. The van der Waals surface area contributed by atoms with Crippen molar-refractivity contribution in [2.24, 2.45) is 5.73 Å². The number of aliphatic hydroxyl groups is 1. The molecule has 0 radical (unpaired) electrons. The quantitative estimate of drug-likeness (QED) is 0.604. The summed E-state index contributed by atoms with van der Waals surface area (Å²) in [5, 5.41) is 8.62. The summed E-state index contributed by atoms with van der Waals surface area (Å²) < 4.78 is 10.9. The van der Waals surface area contributed by atoms with Gasteiger partial charge in [0.2, 0.25) is 0 Å². The van der Waals surface area contributed by atoms with Crippen LogP contribution in [0.2, 0.25) is 0 Å². The lowest BCUT2D eigenvalue weighted by molar-refractivity contribution is -0.0871. The topological polar surface area (TPSA) is 64.7 Å². The van der Waals surface area contributed by atoms with Gasteiger partial charge in [0.25, 0.3) is 0 Å². The fourth-order valence-corrected chi connectivity index (χ4v) is 1.53. The van der Waals surface area contributed by atoms with Crippen LogP contribution in [-0.4, -0.2) is 43.2 Å². The third-order valence-corrected chi connectivity index (χ3v) is 2.46. The van der Waals surface area contributed by atoms with Crippen molar-refractivity contribution < 1.29 is 14.6 Å². The molecule has 1 fully saturated rings. The van der Waals surface area contributed by atoms with Gasteiger partial charge in [0.1, 0.15) is 5.60 Å². The predicted octanol–water partition coefficient (Wildman–Crippen LogP) is -0.498. The molecule has 1 aliphatic heterocycles. The first-order valence-electron chi connectivity index (χ1n) is 4.31. The van der Waals surface area contributed by atoms with E-state index in [-0.39, 0.29) is 18.3 Å². The van der Waals surface area contributed by atoms with Crippen molar-refractivity contribution in [2.75, 3.05) is 26.4 Å². The predicted molar refractivity (Wildman–Crippen MR) is 44.9 cm³/mol. The average molecular weight is 175 g/mol. The van der Waals surface area contributed by atoms with Crippen LogP contribution in [0.5, 0.6) is 0 Å². The monoisotopic (exact) mass is 175 g/mol. The molecule has 1 rings (SSSR count). The normalized spacial score (nSPS) is 35.8. The second-order valence-corrected chi connectivity index (χ2v) is 3.10. The molecule has 0 aromatic heterocycles. The molecule has 2 atom stereocenters. The van der Waals surface area contributed by atoms with Gasteiger partial charge in [-0.2, -0.15) is 0 Å². The van der Waals surface area contributed by atoms with Crippen LogP contribution in [0.1, 0.15) is 13.3 Å². The fraction of sp³-hybridized carbons (Fsp3) is 1.00. The molecule has 12 heavy (non-hydrogen) atoms. The minimum Gasteiger partial charge on any atom is -0.394 e. The Labute approximate surface area is 72.6 Å². The van der Waals surface area contributed by atoms with E-state index in [9.17, 15) is 0 Å². The molecular weight excluding hydrogens is 158 g/mol.